The summed E-state index contributed by atoms with van der Waals surface area (Å²) in [5.41, 5.74) is 9.02. The fourth-order valence-electron chi connectivity index (χ4n) is 2.43. The summed E-state index contributed by atoms with van der Waals surface area (Å²) in [7, 11) is 0. The molecule has 3 N–H and O–H groups in total. The van der Waals surface area contributed by atoms with Crippen molar-refractivity contribution in [2.24, 2.45) is 5.73 Å². The second-order valence-corrected chi connectivity index (χ2v) is 6.58. The predicted molar refractivity (Wildman–Crippen MR) is 99.1 cm³/mol. The number of carbonyl (C=O) groups excluding carboxylic acids is 1. The zero-order chi connectivity index (χ0) is 16.2. The minimum Gasteiger partial charge on any atom is -0.324 e. The van der Waals surface area contributed by atoms with Crippen molar-refractivity contribution < 1.29 is 4.79 Å². The highest BCUT2D eigenvalue weighted by Crippen LogP contribution is 2.29. The van der Waals surface area contributed by atoms with Gasteiger partial charge in [-0.3, -0.25) is 4.79 Å². The maximum Gasteiger partial charge on any atom is 0.241 e. The zero-order valence-electron chi connectivity index (χ0n) is 13.9. The Kier molecular flexibility index (Phi) is 6.79. The average molecular weight is 333 g/mol. The van der Waals surface area contributed by atoms with Crippen LogP contribution in [0.2, 0.25) is 0 Å². The molecule has 0 heterocycles. The molecule has 0 spiro atoms. The molecule has 0 saturated heterocycles. The molecule has 0 radical (unpaired) electrons. The summed E-state index contributed by atoms with van der Waals surface area (Å²) in [5, 5.41) is 2.97. The number of para-hydroxylation sites is 1. The third-order valence-electron chi connectivity index (χ3n) is 3.63. The van der Waals surface area contributed by atoms with Crippen LogP contribution in [-0.4, -0.2) is 11.9 Å². The number of benzene rings is 2. The number of hydrogen-bond acceptors (Lipinski definition) is 2. The lowest BCUT2D eigenvalue weighted by molar-refractivity contribution is -0.117. The van der Waals surface area contributed by atoms with Gasteiger partial charge in [0.15, 0.2) is 0 Å². The Morgan fingerprint density at radius 2 is 1.61 bits per heavy atom. The van der Waals surface area contributed by atoms with Crippen molar-refractivity contribution in [3.8, 4) is 0 Å². The highest BCUT2D eigenvalue weighted by atomic mass is 35.5. The lowest BCUT2D eigenvalue weighted by Gasteiger charge is -2.23. The van der Waals surface area contributed by atoms with Gasteiger partial charge in [0.05, 0.1) is 6.04 Å². The second kappa shape index (κ2) is 8.14. The van der Waals surface area contributed by atoms with Gasteiger partial charge in [-0.25, -0.2) is 0 Å². The van der Waals surface area contributed by atoms with E-state index in [1.165, 1.54) is 0 Å². The molecule has 2 aromatic carbocycles. The summed E-state index contributed by atoms with van der Waals surface area (Å²) >= 11 is 0. The molecule has 4 heteroatoms. The van der Waals surface area contributed by atoms with Crippen LogP contribution >= 0.6 is 12.4 Å². The van der Waals surface area contributed by atoms with Gasteiger partial charge in [-0.1, -0.05) is 69.3 Å². The van der Waals surface area contributed by atoms with Crippen LogP contribution in [0.25, 0.3) is 0 Å². The highest BCUT2D eigenvalue weighted by molar-refractivity contribution is 5.95. The van der Waals surface area contributed by atoms with Crippen LogP contribution in [0, 0.1) is 0 Å². The molecule has 0 bridgehead atoms. The first kappa shape index (κ1) is 19.2. The van der Waals surface area contributed by atoms with E-state index in [1.54, 1.807) is 0 Å². The van der Waals surface area contributed by atoms with Gasteiger partial charge in [-0.2, -0.15) is 0 Å². The van der Waals surface area contributed by atoms with E-state index < -0.39 is 6.04 Å². The summed E-state index contributed by atoms with van der Waals surface area (Å²) in [4.78, 5) is 12.4. The average Bonchev–Trinajstić information content (AvgIpc) is 2.47. The van der Waals surface area contributed by atoms with Crippen molar-refractivity contribution >= 4 is 24.0 Å². The lowest BCUT2D eigenvalue weighted by atomic mass is 9.86. The van der Waals surface area contributed by atoms with E-state index >= 15 is 0 Å². The van der Waals surface area contributed by atoms with Gasteiger partial charge in [0.2, 0.25) is 5.91 Å². The zero-order valence-corrected chi connectivity index (χ0v) is 14.7. The molecule has 23 heavy (non-hydrogen) atoms. The number of rotatable bonds is 4. The van der Waals surface area contributed by atoms with Gasteiger partial charge in [0, 0.05) is 5.69 Å². The summed E-state index contributed by atoms with van der Waals surface area (Å²) in [6.45, 7) is 6.38. The fourth-order valence-corrected chi connectivity index (χ4v) is 2.43. The smallest absolute Gasteiger partial charge is 0.241 e. The van der Waals surface area contributed by atoms with Crippen LogP contribution < -0.4 is 11.1 Å². The normalized spacial score (nSPS) is 12.2. The molecule has 0 fully saturated rings. The van der Waals surface area contributed by atoms with E-state index in [4.69, 9.17) is 5.73 Å². The summed E-state index contributed by atoms with van der Waals surface area (Å²) in [6, 6.07) is 17.1. The largest absolute Gasteiger partial charge is 0.324 e. The van der Waals surface area contributed by atoms with Crippen LogP contribution in [0.4, 0.5) is 5.69 Å². The summed E-state index contributed by atoms with van der Waals surface area (Å²) < 4.78 is 0. The van der Waals surface area contributed by atoms with Crippen molar-refractivity contribution in [2.45, 2.75) is 38.6 Å². The fraction of sp³-hybridized carbons (Fsp3) is 0.316. The van der Waals surface area contributed by atoms with Crippen LogP contribution in [0.5, 0.6) is 0 Å². The Morgan fingerprint density at radius 3 is 2.22 bits per heavy atom. The summed E-state index contributed by atoms with van der Waals surface area (Å²) in [5.74, 6) is -0.152. The Hall–Kier alpha value is -1.84. The number of nitrogens with two attached hydrogens (primary N) is 1. The van der Waals surface area contributed by atoms with Crippen molar-refractivity contribution in [1.82, 2.24) is 0 Å². The first-order valence-corrected chi connectivity index (χ1v) is 7.58. The first-order chi connectivity index (χ1) is 10.4. The molecular weight excluding hydrogens is 308 g/mol. The number of amides is 1. The number of anilines is 1. The van der Waals surface area contributed by atoms with Gasteiger partial charge >= 0.3 is 0 Å². The quantitative estimate of drug-likeness (QED) is 0.891. The Labute approximate surface area is 144 Å². The Bertz CT molecular complexity index is 635. The molecule has 3 nitrogen and oxygen atoms in total. The van der Waals surface area contributed by atoms with Crippen molar-refractivity contribution in [3.63, 3.8) is 0 Å². The third kappa shape index (κ3) is 5.38. The maximum absolute atomic E-state index is 12.4. The minimum absolute atomic E-state index is 0. The number of hydrogen-bond donors (Lipinski definition) is 2. The molecule has 0 aromatic heterocycles. The van der Waals surface area contributed by atoms with Crippen molar-refractivity contribution in [3.05, 3.63) is 65.7 Å². The SMILES string of the molecule is CC(C)(C)c1ccccc1NC(=O)C(N)Cc1ccccc1.Cl. The predicted octanol–water partition coefficient (Wildman–Crippen LogP) is 3.91. The van der Waals surface area contributed by atoms with E-state index in [9.17, 15) is 4.79 Å². The van der Waals surface area contributed by atoms with Crippen LogP contribution in [-0.2, 0) is 16.6 Å². The topological polar surface area (TPSA) is 55.1 Å². The standard InChI is InChI=1S/C19H24N2O.ClH/c1-19(2,3)15-11-7-8-12-17(15)21-18(22)16(20)13-14-9-5-4-6-10-14;/h4-12,16H,13,20H2,1-3H3,(H,21,22);1H. The second-order valence-electron chi connectivity index (χ2n) is 6.58. The highest BCUT2D eigenvalue weighted by Gasteiger charge is 2.20. The maximum atomic E-state index is 12.4. The molecule has 1 unspecified atom stereocenters. The van der Waals surface area contributed by atoms with Crippen LogP contribution in [0.1, 0.15) is 31.9 Å². The molecule has 1 atom stereocenters. The van der Waals surface area contributed by atoms with Gasteiger partial charge in [-0.05, 0) is 29.0 Å². The first-order valence-electron chi connectivity index (χ1n) is 7.58. The van der Waals surface area contributed by atoms with Gasteiger partial charge in [0.25, 0.3) is 0 Å². The number of halogens is 1. The minimum atomic E-state index is -0.560. The van der Waals surface area contributed by atoms with Crippen LogP contribution in [0.3, 0.4) is 0 Å². The van der Waals surface area contributed by atoms with E-state index in [-0.39, 0.29) is 23.7 Å². The molecular formula is C19H25ClN2O. The van der Waals surface area contributed by atoms with E-state index in [1.807, 2.05) is 54.6 Å². The number of carbonyl (C=O) groups is 1. The molecule has 0 aliphatic carbocycles. The lowest BCUT2D eigenvalue weighted by Crippen LogP contribution is -2.38. The van der Waals surface area contributed by atoms with Gasteiger partial charge in [-0.15, -0.1) is 12.4 Å². The molecule has 1 amide bonds. The molecule has 0 saturated carbocycles. The van der Waals surface area contributed by atoms with E-state index in [2.05, 4.69) is 26.1 Å². The van der Waals surface area contributed by atoms with Crippen molar-refractivity contribution in [2.75, 3.05) is 5.32 Å². The van der Waals surface area contributed by atoms with Crippen molar-refractivity contribution in [1.29, 1.82) is 0 Å². The molecule has 0 aliphatic rings. The Morgan fingerprint density at radius 1 is 1.04 bits per heavy atom. The van der Waals surface area contributed by atoms with E-state index in [0.29, 0.717) is 6.42 Å². The molecule has 0 aliphatic heterocycles. The monoisotopic (exact) mass is 332 g/mol. The molecule has 2 aromatic rings. The van der Waals surface area contributed by atoms with Crippen LogP contribution in [0.15, 0.2) is 54.6 Å². The molecule has 2 rings (SSSR count). The number of nitrogens with one attached hydrogen (secondary N) is 1. The van der Waals surface area contributed by atoms with E-state index in [0.717, 1.165) is 16.8 Å². The summed E-state index contributed by atoms with van der Waals surface area (Å²) in [6.07, 6.45) is 0.532. The Balaban J connectivity index is 0.00000264. The molecule has 124 valence electrons. The third-order valence-corrected chi connectivity index (χ3v) is 3.63. The van der Waals surface area contributed by atoms with Gasteiger partial charge in [0.1, 0.15) is 0 Å². The van der Waals surface area contributed by atoms with Gasteiger partial charge < -0.3 is 11.1 Å².